The third-order valence-electron chi connectivity index (χ3n) is 4.11. The summed E-state index contributed by atoms with van der Waals surface area (Å²) in [5.41, 5.74) is 2.15. The van der Waals surface area contributed by atoms with Crippen LogP contribution in [0.15, 0.2) is 77.7 Å². The minimum atomic E-state index is -3.70. The normalized spacial score (nSPS) is 11.2. The molecule has 3 aromatic carbocycles. The van der Waals surface area contributed by atoms with Gasteiger partial charge in [-0.3, -0.25) is 4.31 Å². The summed E-state index contributed by atoms with van der Waals surface area (Å²) >= 11 is 0. The molecule has 0 aromatic heterocycles. The quantitative estimate of drug-likeness (QED) is 0.741. The molecule has 5 nitrogen and oxygen atoms in total. The van der Waals surface area contributed by atoms with Gasteiger partial charge in [0.25, 0.3) is 10.0 Å². The van der Waals surface area contributed by atoms with Crippen LogP contribution in [0.2, 0.25) is 0 Å². The highest BCUT2D eigenvalue weighted by Gasteiger charge is 2.21. The standard InChI is InChI=1S/C20H19NO4S/c1-21(17-6-4-8-19(14-17)25-2)26(23,24)20-11-9-15(10-12-20)16-5-3-7-18(22)13-16/h3-14,22H,1-2H3. The van der Waals surface area contributed by atoms with Crippen LogP contribution in [0, 0.1) is 0 Å². The van der Waals surface area contributed by atoms with Gasteiger partial charge in [0.2, 0.25) is 0 Å². The van der Waals surface area contributed by atoms with E-state index in [1.165, 1.54) is 18.5 Å². The number of anilines is 1. The van der Waals surface area contributed by atoms with E-state index in [0.29, 0.717) is 11.4 Å². The minimum Gasteiger partial charge on any atom is -0.508 e. The zero-order chi connectivity index (χ0) is 18.7. The molecule has 0 amide bonds. The largest absolute Gasteiger partial charge is 0.508 e. The van der Waals surface area contributed by atoms with Crippen LogP contribution in [0.5, 0.6) is 11.5 Å². The lowest BCUT2D eigenvalue weighted by Crippen LogP contribution is -2.26. The van der Waals surface area contributed by atoms with Crippen molar-refractivity contribution in [2.24, 2.45) is 0 Å². The lowest BCUT2D eigenvalue weighted by molar-refractivity contribution is 0.415. The summed E-state index contributed by atoms with van der Waals surface area (Å²) in [5, 5.41) is 9.59. The van der Waals surface area contributed by atoms with Crippen molar-refractivity contribution in [1.82, 2.24) is 0 Å². The maximum Gasteiger partial charge on any atom is 0.264 e. The molecule has 3 aromatic rings. The van der Waals surface area contributed by atoms with E-state index in [4.69, 9.17) is 4.74 Å². The number of methoxy groups -OCH3 is 1. The molecule has 6 heteroatoms. The van der Waals surface area contributed by atoms with Crippen LogP contribution in [-0.4, -0.2) is 27.7 Å². The summed E-state index contributed by atoms with van der Waals surface area (Å²) < 4.78 is 32.1. The SMILES string of the molecule is COc1cccc(N(C)S(=O)(=O)c2ccc(-c3cccc(O)c3)cc2)c1. The second-order valence-electron chi connectivity index (χ2n) is 5.75. The monoisotopic (exact) mass is 369 g/mol. The van der Waals surface area contributed by atoms with Crippen LogP contribution in [0.4, 0.5) is 5.69 Å². The number of nitrogens with zero attached hydrogens (tertiary/aromatic N) is 1. The molecule has 0 atom stereocenters. The van der Waals surface area contributed by atoms with E-state index < -0.39 is 10.0 Å². The lowest BCUT2D eigenvalue weighted by Gasteiger charge is -2.20. The molecule has 0 bridgehead atoms. The van der Waals surface area contributed by atoms with Gasteiger partial charge in [-0.05, 0) is 47.5 Å². The molecule has 0 saturated carbocycles. The average Bonchev–Trinajstić information content (AvgIpc) is 2.67. The first kappa shape index (κ1) is 17.8. The summed E-state index contributed by atoms with van der Waals surface area (Å²) in [6.45, 7) is 0. The van der Waals surface area contributed by atoms with Gasteiger partial charge in [0.1, 0.15) is 11.5 Å². The maximum atomic E-state index is 12.9. The molecular formula is C20H19NO4S. The maximum absolute atomic E-state index is 12.9. The fourth-order valence-electron chi connectivity index (χ4n) is 2.61. The van der Waals surface area contributed by atoms with Crippen LogP contribution >= 0.6 is 0 Å². The number of ether oxygens (including phenoxy) is 1. The van der Waals surface area contributed by atoms with E-state index in [0.717, 1.165) is 11.1 Å². The number of phenolic OH excluding ortho intramolecular Hbond substituents is 1. The van der Waals surface area contributed by atoms with Crippen molar-refractivity contribution in [2.75, 3.05) is 18.5 Å². The van der Waals surface area contributed by atoms with Crippen molar-refractivity contribution in [2.45, 2.75) is 4.90 Å². The highest BCUT2D eigenvalue weighted by molar-refractivity contribution is 7.92. The van der Waals surface area contributed by atoms with Gasteiger partial charge in [-0.25, -0.2) is 8.42 Å². The van der Waals surface area contributed by atoms with E-state index >= 15 is 0 Å². The van der Waals surface area contributed by atoms with Crippen molar-refractivity contribution in [1.29, 1.82) is 0 Å². The highest BCUT2D eigenvalue weighted by Crippen LogP contribution is 2.28. The van der Waals surface area contributed by atoms with Crippen molar-refractivity contribution in [3.63, 3.8) is 0 Å². The molecule has 0 radical (unpaired) electrons. The Hall–Kier alpha value is -2.99. The Balaban J connectivity index is 1.92. The van der Waals surface area contributed by atoms with E-state index in [9.17, 15) is 13.5 Å². The summed E-state index contributed by atoms with van der Waals surface area (Å²) in [4.78, 5) is 0.187. The molecule has 0 heterocycles. The fourth-order valence-corrected chi connectivity index (χ4v) is 3.80. The molecule has 26 heavy (non-hydrogen) atoms. The number of benzene rings is 3. The number of sulfonamides is 1. The van der Waals surface area contributed by atoms with Crippen molar-refractivity contribution in [3.8, 4) is 22.6 Å². The van der Waals surface area contributed by atoms with Gasteiger partial charge in [-0.2, -0.15) is 0 Å². The smallest absolute Gasteiger partial charge is 0.264 e. The molecule has 0 fully saturated rings. The van der Waals surface area contributed by atoms with E-state index in [-0.39, 0.29) is 10.6 Å². The van der Waals surface area contributed by atoms with Gasteiger partial charge in [0.05, 0.1) is 17.7 Å². The third kappa shape index (κ3) is 3.50. The van der Waals surface area contributed by atoms with Gasteiger partial charge in [-0.1, -0.05) is 30.3 Å². The Bertz CT molecular complexity index is 1010. The number of hydrogen-bond acceptors (Lipinski definition) is 4. The zero-order valence-electron chi connectivity index (χ0n) is 14.5. The number of aromatic hydroxyl groups is 1. The zero-order valence-corrected chi connectivity index (χ0v) is 15.3. The van der Waals surface area contributed by atoms with Crippen LogP contribution in [0.1, 0.15) is 0 Å². The Morgan fingerprint density at radius 3 is 2.23 bits per heavy atom. The Labute approximate surface area is 153 Å². The first-order valence-corrected chi connectivity index (χ1v) is 9.38. The van der Waals surface area contributed by atoms with Gasteiger partial charge in [-0.15, -0.1) is 0 Å². The molecule has 0 saturated heterocycles. The first-order valence-electron chi connectivity index (χ1n) is 7.94. The average molecular weight is 369 g/mol. The second kappa shape index (κ2) is 7.09. The summed E-state index contributed by atoms with van der Waals surface area (Å²) in [6.07, 6.45) is 0. The number of hydrogen-bond donors (Lipinski definition) is 1. The molecule has 0 unspecified atom stereocenters. The molecule has 0 aliphatic carbocycles. The Morgan fingerprint density at radius 1 is 0.885 bits per heavy atom. The van der Waals surface area contributed by atoms with E-state index in [1.807, 2.05) is 6.07 Å². The molecule has 134 valence electrons. The number of rotatable bonds is 5. The van der Waals surface area contributed by atoms with Gasteiger partial charge in [0.15, 0.2) is 0 Å². The minimum absolute atomic E-state index is 0.164. The van der Waals surface area contributed by atoms with Gasteiger partial charge >= 0.3 is 0 Å². The Kier molecular flexibility index (Phi) is 4.86. The fraction of sp³-hybridized carbons (Fsp3) is 0.100. The van der Waals surface area contributed by atoms with E-state index in [2.05, 4.69) is 0 Å². The van der Waals surface area contributed by atoms with Crippen molar-refractivity contribution in [3.05, 3.63) is 72.8 Å². The molecule has 3 rings (SSSR count). The molecule has 0 spiro atoms. The number of phenols is 1. The van der Waals surface area contributed by atoms with Crippen LogP contribution in [0.3, 0.4) is 0 Å². The van der Waals surface area contributed by atoms with Crippen molar-refractivity contribution < 1.29 is 18.3 Å². The van der Waals surface area contributed by atoms with Crippen LogP contribution in [-0.2, 0) is 10.0 Å². The predicted octanol–water partition coefficient (Wildman–Crippen LogP) is 3.89. The highest BCUT2D eigenvalue weighted by atomic mass is 32.2. The summed E-state index contributed by atoms with van der Waals surface area (Å²) in [5.74, 6) is 0.751. The Morgan fingerprint density at radius 2 is 1.58 bits per heavy atom. The first-order chi connectivity index (χ1) is 12.4. The molecule has 0 aliphatic heterocycles. The summed E-state index contributed by atoms with van der Waals surface area (Å²) in [7, 11) is -0.653. The van der Waals surface area contributed by atoms with E-state index in [1.54, 1.807) is 66.7 Å². The summed E-state index contributed by atoms with van der Waals surface area (Å²) in [6, 6.07) is 20.3. The molecule has 0 aliphatic rings. The second-order valence-corrected chi connectivity index (χ2v) is 7.72. The van der Waals surface area contributed by atoms with Gasteiger partial charge in [0, 0.05) is 13.1 Å². The van der Waals surface area contributed by atoms with Crippen LogP contribution < -0.4 is 9.04 Å². The molecular weight excluding hydrogens is 350 g/mol. The molecule has 1 N–H and O–H groups in total. The topological polar surface area (TPSA) is 66.8 Å². The predicted molar refractivity (Wildman–Crippen MR) is 102 cm³/mol. The van der Waals surface area contributed by atoms with Crippen LogP contribution in [0.25, 0.3) is 11.1 Å². The van der Waals surface area contributed by atoms with Gasteiger partial charge < -0.3 is 9.84 Å². The lowest BCUT2D eigenvalue weighted by atomic mass is 10.1. The third-order valence-corrected chi connectivity index (χ3v) is 5.91. The van der Waals surface area contributed by atoms with Crippen molar-refractivity contribution >= 4 is 15.7 Å².